The van der Waals surface area contributed by atoms with Gasteiger partial charge in [-0.1, -0.05) is 0 Å². The highest BCUT2D eigenvalue weighted by Gasteiger charge is 2.59. The lowest BCUT2D eigenvalue weighted by Crippen LogP contribution is -2.62. The molecule has 0 atom stereocenters. The van der Waals surface area contributed by atoms with Gasteiger partial charge in [0.1, 0.15) is 5.65 Å². The van der Waals surface area contributed by atoms with Crippen LogP contribution in [0.1, 0.15) is 44.1 Å². The van der Waals surface area contributed by atoms with E-state index in [2.05, 4.69) is 15.3 Å². The Hall–Kier alpha value is -2.14. The van der Waals surface area contributed by atoms with Gasteiger partial charge in [0.15, 0.2) is 0 Å². The molecular formula is C19H23F2N5O3S. The average Bonchev–Trinajstić information content (AvgIpc) is 2.61. The highest BCUT2D eigenvalue weighted by atomic mass is 32.2. The summed E-state index contributed by atoms with van der Waals surface area (Å²) in [6, 6.07) is 1.19. The number of hydrogen-bond donors (Lipinski definition) is 1. The standard InChI is InChI=1S/C19H23F2N5O3S/c1-30(28,29)25-4-2-13(3-5-25)23-18-22-10-12-6-14(15(20)21)17(27)26(16(12)24-18)19-7-11(8-19)9-19/h6,10-11,13,15H,2-5,7-9H2,1H3,(H,22,23,24). The molecule has 2 aromatic heterocycles. The highest BCUT2D eigenvalue weighted by molar-refractivity contribution is 7.88. The number of sulfonamides is 1. The number of anilines is 1. The van der Waals surface area contributed by atoms with E-state index in [9.17, 15) is 22.0 Å². The van der Waals surface area contributed by atoms with Crippen molar-refractivity contribution in [1.82, 2.24) is 18.8 Å². The van der Waals surface area contributed by atoms with Crippen LogP contribution in [0.15, 0.2) is 17.1 Å². The fraction of sp³-hybridized carbons (Fsp3) is 0.632. The number of aromatic nitrogens is 3. The first-order valence-electron chi connectivity index (χ1n) is 10.1. The molecule has 30 heavy (non-hydrogen) atoms. The van der Waals surface area contributed by atoms with E-state index in [1.807, 2.05) is 0 Å². The fourth-order valence-electron chi connectivity index (χ4n) is 5.00. The summed E-state index contributed by atoms with van der Waals surface area (Å²) in [5.74, 6) is 0.895. The van der Waals surface area contributed by atoms with E-state index in [1.165, 1.54) is 27.4 Å². The zero-order chi connectivity index (χ0) is 21.3. The smallest absolute Gasteiger partial charge is 0.269 e. The first kappa shape index (κ1) is 19.8. The van der Waals surface area contributed by atoms with Crippen molar-refractivity contribution in [2.24, 2.45) is 5.92 Å². The topological polar surface area (TPSA) is 97.2 Å². The quantitative estimate of drug-likeness (QED) is 0.766. The van der Waals surface area contributed by atoms with Gasteiger partial charge in [0.25, 0.3) is 12.0 Å². The van der Waals surface area contributed by atoms with Crippen LogP contribution in [0.2, 0.25) is 0 Å². The summed E-state index contributed by atoms with van der Waals surface area (Å²) >= 11 is 0. The summed E-state index contributed by atoms with van der Waals surface area (Å²) in [6.45, 7) is 0.827. The van der Waals surface area contributed by atoms with Crippen LogP contribution in [0.4, 0.5) is 14.7 Å². The number of fused-ring (bicyclic) bond motifs is 1. The Morgan fingerprint density at radius 3 is 2.43 bits per heavy atom. The van der Waals surface area contributed by atoms with Crippen molar-refractivity contribution in [2.45, 2.75) is 50.1 Å². The second-order valence-electron chi connectivity index (χ2n) is 8.80. The lowest BCUT2D eigenvalue weighted by Gasteiger charge is -2.62. The summed E-state index contributed by atoms with van der Waals surface area (Å²) in [4.78, 5) is 21.7. The van der Waals surface area contributed by atoms with E-state index < -0.39 is 33.1 Å². The molecule has 2 bridgehead atoms. The summed E-state index contributed by atoms with van der Waals surface area (Å²) < 4.78 is 53.2. The van der Waals surface area contributed by atoms with Crippen LogP contribution < -0.4 is 10.9 Å². The third kappa shape index (κ3) is 3.09. The van der Waals surface area contributed by atoms with Gasteiger partial charge in [-0.2, -0.15) is 4.98 Å². The predicted molar refractivity (Wildman–Crippen MR) is 107 cm³/mol. The van der Waals surface area contributed by atoms with Gasteiger partial charge in [0, 0.05) is 30.7 Å². The van der Waals surface area contributed by atoms with Crippen LogP contribution in [-0.2, 0) is 15.6 Å². The van der Waals surface area contributed by atoms with Crippen molar-refractivity contribution in [3.63, 3.8) is 0 Å². The van der Waals surface area contributed by atoms with Gasteiger partial charge in [0.2, 0.25) is 16.0 Å². The van der Waals surface area contributed by atoms with Crippen LogP contribution in [0.3, 0.4) is 0 Å². The molecule has 0 radical (unpaired) electrons. The molecule has 0 amide bonds. The Balaban J connectivity index is 1.47. The van der Waals surface area contributed by atoms with E-state index >= 15 is 0 Å². The Morgan fingerprint density at radius 1 is 1.23 bits per heavy atom. The summed E-state index contributed by atoms with van der Waals surface area (Å²) in [7, 11) is -3.21. The van der Waals surface area contributed by atoms with E-state index in [1.54, 1.807) is 0 Å². The average molecular weight is 439 g/mol. The maximum absolute atomic E-state index is 13.4. The van der Waals surface area contributed by atoms with Crippen molar-refractivity contribution in [1.29, 1.82) is 0 Å². The third-order valence-corrected chi connectivity index (χ3v) is 8.04. The minimum atomic E-state index is -3.21. The van der Waals surface area contributed by atoms with Crippen LogP contribution in [0, 0.1) is 5.92 Å². The Labute approximate surface area is 172 Å². The minimum Gasteiger partial charge on any atom is -0.351 e. The van der Waals surface area contributed by atoms with Crippen molar-refractivity contribution in [3.05, 3.63) is 28.2 Å². The molecule has 0 spiro atoms. The Morgan fingerprint density at radius 2 is 1.90 bits per heavy atom. The molecule has 8 nitrogen and oxygen atoms in total. The maximum atomic E-state index is 13.4. The lowest BCUT2D eigenvalue weighted by atomic mass is 9.49. The summed E-state index contributed by atoms with van der Waals surface area (Å²) in [5.41, 5.74) is -1.18. The number of piperidine rings is 1. The van der Waals surface area contributed by atoms with Gasteiger partial charge >= 0.3 is 0 Å². The van der Waals surface area contributed by atoms with Crippen LogP contribution >= 0.6 is 0 Å². The van der Waals surface area contributed by atoms with Crippen molar-refractivity contribution < 1.29 is 17.2 Å². The SMILES string of the molecule is CS(=O)(=O)N1CCC(Nc2ncc3cc(C(F)F)c(=O)n(C45CC(C4)C5)c3n2)CC1. The number of pyridine rings is 1. The summed E-state index contributed by atoms with van der Waals surface area (Å²) in [5, 5.41) is 3.65. The van der Waals surface area contributed by atoms with Crippen LogP contribution in [-0.4, -0.2) is 52.6 Å². The molecule has 0 aromatic carbocycles. The molecule has 162 valence electrons. The molecule has 1 N–H and O–H groups in total. The molecule has 3 heterocycles. The molecule has 0 unspecified atom stereocenters. The van der Waals surface area contributed by atoms with Crippen LogP contribution in [0.5, 0.6) is 0 Å². The summed E-state index contributed by atoms with van der Waals surface area (Å²) in [6.07, 6.45) is 3.52. The monoisotopic (exact) mass is 439 g/mol. The third-order valence-electron chi connectivity index (χ3n) is 6.74. The largest absolute Gasteiger partial charge is 0.351 e. The van der Waals surface area contributed by atoms with Crippen molar-refractivity contribution in [2.75, 3.05) is 24.7 Å². The van der Waals surface area contributed by atoms with E-state index in [0.717, 1.165) is 19.3 Å². The van der Waals surface area contributed by atoms with E-state index in [4.69, 9.17) is 0 Å². The molecule has 6 rings (SSSR count). The molecule has 1 saturated heterocycles. The Bertz CT molecular complexity index is 1160. The van der Waals surface area contributed by atoms with Gasteiger partial charge in [-0.3, -0.25) is 9.36 Å². The maximum Gasteiger partial charge on any atom is 0.269 e. The predicted octanol–water partition coefficient (Wildman–Crippen LogP) is 2.07. The van der Waals surface area contributed by atoms with Gasteiger partial charge in [-0.05, 0) is 44.1 Å². The molecule has 11 heteroatoms. The van der Waals surface area contributed by atoms with Crippen LogP contribution in [0.25, 0.3) is 11.0 Å². The first-order valence-corrected chi connectivity index (χ1v) is 11.9. The zero-order valence-corrected chi connectivity index (χ0v) is 17.3. The van der Waals surface area contributed by atoms with Crippen molar-refractivity contribution >= 4 is 27.0 Å². The number of hydrogen-bond acceptors (Lipinski definition) is 6. The van der Waals surface area contributed by atoms with Gasteiger partial charge < -0.3 is 5.32 Å². The highest BCUT2D eigenvalue weighted by Crippen LogP contribution is 2.62. The van der Waals surface area contributed by atoms with Gasteiger partial charge in [0.05, 0.1) is 17.4 Å². The van der Waals surface area contributed by atoms with E-state index in [0.29, 0.717) is 48.8 Å². The molecule has 4 fully saturated rings. The molecule has 1 aliphatic heterocycles. The molecule has 3 saturated carbocycles. The zero-order valence-electron chi connectivity index (χ0n) is 16.5. The number of halogens is 2. The first-order chi connectivity index (χ1) is 14.2. The number of nitrogens with one attached hydrogen (secondary N) is 1. The second kappa shape index (κ2) is 6.68. The Kier molecular flexibility index (Phi) is 4.41. The molecule has 4 aliphatic rings. The number of alkyl halides is 2. The normalized spacial score (nSPS) is 27.1. The molecule has 2 aromatic rings. The fourth-order valence-corrected chi connectivity index (χ4v) is 5.88. The minimum absolute atomic E-state index is 0.00379. The lowest BCUT2D eigenvalue weighted by molar-refractivity contribution is -0.0888. The molecular weight excluding hydrogens is 416 g/mol. The van der Waals surface area contributed by atoms with Gasteiger partial charge in [-0.25, -0.2) is 26.5 Å². The van der Waals surface area contributed by atoms with Crippen molar-refractivity contribution in [3.8, 4) is 0 Å². The number of rotatable bonds is 5. The van der Waals surface area contributed by atoms with Gasteiger partial charge in [-0.15, -0.1) is 0 Å². The van der Waals surface area contributed by atoms with E-state index in [-0.39, 0.29) is 6.04 Å². The molecule has 3 aliphatic carbocycles. The number of nitrogens with zero attached hydrogens (tertiary/aromatic N) is 4. The second-order valence-corrected chi connectivity index (χ2v) is 10.8.